The maximum Gasteiger partial charge on any atom is 0.189 e. The second kappa shape index (κ2) is 10.5. The molecule has 1 atom stereocenters. The first-order valence-corrected chi connectivity index (χ1v) is 10.9. The number of anilines is 1. The van der Waals surface area contributed by atoms with Crippen LogP contribution in [0.1, 0.15) is 12.6 Å². The summed E-state index contributed by atoms with van der Waals surface area (Å²) in [6, 6.07) is 14.7. The number of thioether (sulfide) groups is 1. The van der Waals surface area contributed by atoms with E-state index in [4.69, 9.17) is 26.8 Å². The lowest BCUT2D eigenvalue weighted by atomic mass is 10.0. The largest absolute Gasteiger partial charge is 0.497 e. The minimum absolute atomic E-state index is 0.165. The molecule has 0 saturated heterocycles. The number of rotatable bonds is 9. The van der Waals surface area contributed by atoms with Crippen molar-refractivity contribution in [2.75, 3.05) is 25.2 Å². The zero-order chi connectivity index (χ0) is 21.5. The normalized spacial score (nSPS) is 11.9. The van der Waals surface area contributed by atoms with E-state index in [0.717, 1.165) is 22.6 Å². The summed E-state index contributed by atoms with van der Waals surface area (Å²) in [6.45, 7) is 2.19. The Hall–Kier alpha value is -2.48. The molecule has 0 aliphatic heterocycles. The minimum atomic E-state index is -0.678. The number of nitrogen functional groups attached to an aromatic ring is 1. The number of methoxy groups -OCH3 is 1. The summed E-state index contributed by atoms with van der Waals surface area (Å²) in [4.78, 5) is 9.05. The molecule has 3 aromatic rings. The lowest BCUT2D eigenvalue weighted by Gasteiger charge is -2.14. The van der Waals surface area contributed by atoms with E-state index in [2.05, 4.69) is 9.97 Å². The number of aryl methyl sites for hydroxylation is 1. The van der Waals surface area contributed by atoms with E-state index in [-0.39, 0.29) is 6.61 Å². The maximum atomic E-state index is 10.3. The first-order valence-electron chi connectivity index (χ1n) is 9.50. The second-order valence-electron chi connectivity index (χ2n) is 6.52. The van der Waals surface area contributed by atoms with Crippen molar-refractivity contribution in [2.24, 2.45) is 0 Å². The number of nitrogens with zero attached hydrogens (tertiary/aromatic N) is 2. The number of halogens is 1. The van der Waals surface area contributed by atoms with Crippen LogP contribution >= 0.6 is 23.4 Å². The zero-order valence-corrected chi connectivity index (χ0v) is 18.4. The summed E-state index contributed by atoms with van der Waals surface area (Å²) < 4.78 is 10.7. The molecule has 0 radical (unpaired) electrons. The molecule has 0 amide bonds. The predicted molar refractivity (Wildman–Crippen MR) is 121 cm³/mol. The summed E-state index contributed by atoms with van der Waals surface area (Å²) in [5.41, 5.74) is 8.85. The molecule has 3 rings (SSSR count). The van der Waals surface area contributed by atoms with Crippen molar-refractivity contribution in [3.63, 3.8) is 0 Å². The van der Waals surface area contributed by atoms with Gasteiger partial charge in [-0.1, -0.05) is 42.4 Å². The quantitative estimate of drug-likeness (QED) is 0.370. The van der Waals surface area contributed by atoms with Crippen LogP contribution < -0.4 is 15.2 Å². The van der Waals surface area contributed by atoms with Gasteiger partial charge in [-0.05, 0) is 48.4 Å². The first-order chi connectivity index (χ1) is 14.5. The Balaban J connectivity index is 1.62. The Labute approximate surface area is 185 Å². The Bertz CT molecular complexity index is 969. The fourth-order valence-corrected chi connectivity index (χ4v) is 3.74. The van der Waals surface area contributed by atoms with Crippen molar-refractivity contribution in [1.29, 1.82) is 0 Å². The fraction of sp³-hybridized carbons (Fsp3) is 0.273. The van der Waals surface area contributed by atoms with Crippen LogP contribution in [0.4, 0.5) is 5.82 Å². The highest BCUT2D eigenvalue weighted by Gasteiger charge is 2.15. The third kappa shape index (κ3) is 5.78. The molecule has 0 aliphatic rings. The van der Waals surface area contributed by atoms with Gasteiger partial charge in [-0.2, -0.15) is 0 Å². The van der Waals surface area contributed by atoms with Gasteiger partial charge in [0.05, 0.1) is 18.9 Å². The molecule has 6 nitrogen and oxygen atoms in total. The molecule has 158 valence electrons. The van der Waals surface area contributed by atoms with E-state index in [1.807, 2.05) is 43.3 Å². The third-order valence-corrected chi connectivity index (χ3v) is 5.61. The van der Waals surface area contributed by atoms with Crippen LogP contribution in [0.5, 0.6) is 11.5 Å². The topological polar surface area (TPSA) is 90.5 Å². The number of aliphatic hydroxyl groups is 1. The van der Waals surface area contributed by atoms with Crippen LogP contribution in [0.25, 0.3) is 11.1 Å². The Kier molecular flexibility index (Phi) is 7.79. The van der Waals surface area contributed by atoms with E-state index >= 15 is 0 Å². The molecule has 3 N–H and O–H groups in total. The van der Waals surface area contributed by atoms with E-state index in [1.165, 1.54) is 11.8 Å². The molecule has 0 saturated carbocycles. The van der Waals surface area contributed by atoms with Gasteiger partial charge in [-0.25, -0.2) is 9.97 Å². The summed E-state index contributed by atoms with van der Waals surface area (Å²) in [5.74, 6) is 2.22. The van der Waals surface area contributed by atoms with Gasteiger partial charge < -0.3 is 20.3 Å². The number of aromatic nitrogens is 2. The summed E-state index contributed by atoms with van der Waals surface area (Å²) in [6.07, 6.45) is 0.0319. The monoisotopic (exact) mass is 445 g/mol. The van der Waals surface area contributed by atoms with Crippen molar-refractivity contribution < 1.29 is 14.6 Å². The average molecular weight is 446 g/mol. The van der Waals surface area contributed by atoms with Gasteiger partial charge >= 0.3 is 0 Å². The lowest BCUT2D eigenvalue weighted by molar-refractivity contribution is 0.126. The molecular formula is C22H24ClN3O3S. The molecule has 8 heteroatoms. The molecule has 1 heterocycles. The Morgan fingerprint density at radius 3 is 2.37 bits per heavy atom. The number of aliphatic hydroxyl groups excluding tert-OH is 1. The average Bonchev–Trinajstić information content (AvgIpc) is 2.77. The molecule has 2 aromatic carbocycles. The number of nitrogens with two attached hydrogens (primary N) is 1. The maximum absolute atomic E-state index is 10.3. The van der Waals surface area contributed by atoms with Crippen LogP contribution in [0.15, 0.2) is 53.7 Å². The number of benzene rings is 2. The van der Waals surface area contributed by atoms with Crippen molar-refractivity contribution in [2.45, 2.75) is 24.6 Å². The number of ether oxygens (including phenoxy) is 2. The van der Waals surface area contributed by atoms with Crippen molar-refractivity contribution in [3.8, 4) is 22.6 Å². The summed E-state index contributed by atoms with van der Waals surface area (Å²) >= 11 is 7.33. The lowest BCUT2D eigenvalue weighted by Crippen LogP contribution is -2.20. The SMILES string of the molecule is CCc1nc(SC[C@@H](O)COc2ccc(OC)cc2)nc(N)c1-c1ccc(Cl)cc1. The van der Waals surface area contributed by atoms with Gasteiger partial charge in [-0.3, -0.25) is 0 Å². The summed E-state index contributed by atoms with van der Waals surface area (Å²) in [7, 11) is 1.61. The van der Waals surface area contributed by atoms with Gasteiger partial charge in [-0.15, -0.1) is 0 Å². The van der Waals surface area contributed by atoms with Crippen LogP contribution in [-0.2, 0) is 6.42 Å². The molecule has 0 bridgehead atoms. The fourth-order valence-electron chi connectivity index (χ4n) is 2.84. The highest BCUT2D eigenvalue weighted by molar-refractivity contribution is 7.99. The van der Waals surface area contributed by atoms with Crippen molar-refractivity contribution >= 4 is 29.2 Å². The molecule has 0 fully saturated rings. The third-order valence-electron chi connectivity index (χ3n) is 4.37. The minimum Gasteiger partial charge on any atom is -0.497 e. The molecular weight excluding hydrogens is 422 g/mol. The Morgan fingerprint density at radius 2 is 1.73 bits per heavy atom. The van der Waals surface area contributed by atoms with Crippen molar-refractivity contribution in [3.05, 3.63) is 59.2 Å². The highest BCUT2D eigenvalue weighted by atomic mass is 35.5. The molecule has 0 unspecified atom stereocenters. The van der Waals surface area contributed by atoms with Gasteiger partial charge in [0.15, 0.2) is 5.16 Å². The van der Waals surface area contributed by atoms with Crippen LogP contribution in [-0.4, -0.2) is 40.6 Å². The van der Waals surface area contributed by atoms with Gasteiger partial charge in [0.25, 0.3) is 0 Å². The van der Waals surface area contributed by atoms with E-state index in [9.17, 15) is 5.11 Å². The number of hydrogen-bond donors (Lipinski definition) is 2. The molecule has 0 spiro atoms. The predicted octanol–water partition coefficient (Wildman–Crippen LogP) is 4.48. The Morgan fingerprint density at radius 1 is 1.07 bits per heavy atom. The number of hydrogen-bond acceptors (Lipinski definition) is 7. The standard InChI is InChI=1S/C22H24ClN3O3S/c1-3-19-20(14-4-6-15(23)7-5-14)21(24)26-22(25-19)30-13-16(27)12-29-18-10-8-17(28-2)9-11-18/h4-11,16,27H,3,12-13H2,1-2H3,(H2,24,25,26)/t16-/m0/s1. The van der Waals surface area contributed by atoms with Crippen LogP contribution in [0, 0.1) is 0 Å². The highest BCUT2D eigenvalue weighted by Crippen LogP contribution is 2.31. The van der Waals surface area contributed by atoms with Gasteiger partial charge in [0, 0.05) is 16.3 Å². The van der Waals surface area contributed by atoms with Gasteiger partial charge in [0.1, 0.15) is 23.9 Å². The zero-order valence-electron chi connectivity index (χ0n) is 16.8. The second-order valence-corrected chi connectivity index (χ2v) is 7.95. The van der Waals surface area contributed by atoms with E-state index < -0.39 is 6.10 Å². The first kappa shape index (κ1) is 22.2. The smallest absolute Gasteiger partial charge is 0.189 e. The molecule has 30 heavy (non-hydrogen) atoms. The van der Waals surface area contributed by atoms with Crippen LogP contribution in [0.3, 0.4) is 0 Å². The van der Waals surface area contributed by atoms with E-state index in [1.54, 1.807) is 19.2 Å². The summed E-state index contributed by atoms with van der Waals surface area (Å²) in [5, 5.41) is 11.5. The van der Waals surface area contributed by atoms with Gasteiger partial charge in [0.2, 0.25) is 0 Å². The molecule has 0 aliphatic carbocycles. The van der Waals surface area contributed by atoms with Crippen molar-refractivity contribution in [1.82, 2.24) is 9.97 Å². The molecule has 1 aromatic heterocycles. The van der Waals surface area contributed by atoms with Crippen LogP contribution in [0.2, 0.25) is 5.02 Å². The van der Waals surface area contributed by atoms with E-state index in [0.29, 0.717) is 33.9 Å².